The molecule has 1 atom stereocenters. The first-order chi connectivity index (χ1) is 9.82. The molecule has 2 rings (SSSR count). The maximum atomic E-state index is 13.9. The van der Waals surface area contributed by atoms with Crippen LogP contribution in [0.15, 0.2) is 18.2 Å². The maximum absolute atomic E-state index is 13.9. The number of likely N-dealkylation sites (tertiary alicyclic amines) is 1. The molecule has 1 amide bonds. The lowest BCUT2D eigenvalue weighted by Crippen LogP contribution is -2.40. The molecule has 1 fully saturated rings. The number of nitrogens with zero attached hydrogens (tertiary/aromatic N) is 1. The van der Waals surface area contributed by atoms with Gasteiger partial charge in [-0.05, 0) is 12.1 Å². The second kappa shape index (κ2) is 6.07. The van der Waals surface area contributed by atoms with Gasteiger partial charge in [0, 0.05) is 24.1 Å². The number of amides is 1. The summed E-state index contributed by atoms with van der Waals surface area (Å²) in [6.45, 7) is -0.808. The third-order valence-electron chi connectivity index (χ3n) is 3.20. The molecule has 21 heavy (non-hydrogen) atoms. The van der Waals surface area contributed by atoms with Gasteiger partial charge >= 0.3 is 5.97 Å². The Bertz CT molecular complexity index is 583. The minimum atomic E-state index is -2.39. The van der Waals surface area contributed by atoms with Crippen molar-refractivity contribution in [2.45, 2.75) is 12.1 Å². The summed E-state index contributed by atoms with van der Waals surface area (Å²) in [5, 5.41) is 9.46. The topological polar surface area (TPSA) is 66.8 Å². The minimum Gasteiger partial charge on any atom is -0.482 e. The van der Waals surface area contributed by atoms with Crippen molar-refractivity contribution in [1.29, 1.82) is 0 Å². The maximum Gasteiger partial charge on any atom is 0.343 e. The van der Waals surface area contributed by atoms with E-state index in [1.54, 1.807) is 6.07 Å². The Labute approximate surface area is 130 Å². The Morgan fingerprint density at radius 2 is 2.14 bits per heavy atom. The van der Waals surface area contributed by atoms with Crippen molar-refractivity contribution in [2.75, 3.05) is 19.7 Å². The summed E-state index contributed by atoms with van der Waals surface area (Å²) < 4.78 is 19.1. The van der Waals surface area contributed by atoms with Gasteiger partial charge in [0.1, 0.15) is 5.75 Å². The van der Waals surface area contributed by atoms with Gasteiger partial charge in [0.25, 0.3) is 5.91 Å². The van der Waals surface area contributed by atoms with E-state index in [-0.39, 0.29) is 25.3 Å². The zero-order valence-electron chi connectivity index (χ0n) is 10.8. The molecule has 1 saturated heterocycles. The summed E-state index contributed by atoms with van der Waals surface area (Å²) in [6, 6.07) is 4.55. The van der Waals surface area contributed by atoms with E-state index in [0.29, 0.717) is 10.0 Å². The average Bonchev–Trinajstić information content (AvgIpc) is 2.84. The molecule has 114 valence electrons. The molecule has 8 heteroatoms. The van der Waals surface area contributed by atoms with Gasteiger partial charge in [-0.2, -0.15) is 0 Å². The van der Waals surface area contributed by atoms with Crippen molar-refractivity contribution in [2.24, 2.45) is 0 Å². The van der Waals surface area contributed by atoms with Crippen LogP contribution in [0.5, 0.6) is 5.75 Å². The van der Waals surface area contributed by atoms with Crippen LogP contribution in [-0.2, 0) is 9.59 Å². The fourth-order valence-corrected chi connectivity index (χ4v) is 2.31. The van der Waals surface area contributed by atoms with Gasteiger partial charge < -0.3 is 14.7 Å². The molecule has 5 nitrogen and oxygen atoms in total. The minimum absolute atomic E-state index is 0.0360. The second-order valence-corrected chi connectivity index (χ2v) is 5.54. The molecule has 1 heterocycles. The molecule has 0 radical (unpaired) electrons. The summed E-state index contributed by atoms with van der Waals surface area (Å²) in [5.74, 6) is -1.83. The second-order valence-electron chi connectivity index (χ2n) is 4.70. The van der Waals surface area contributed by atoms with Gasteiger partial charge in [-0.3, -0.25) is 4.79 Å². The lowest BCUT2D eigenvalue weighted by Gasteiger charge is -2.18. The van der Waals surface area contributed by atoms with Gasteiger partial charge in [-0.15, -0.1) is 0 Å². The highest BCUT2D eigenvalue weighted by molar-refractivity contribution is 6.34. The number of rotatable bonds is 4. The number of carbonyl (C=O) groups excluding carboxylic acids is 1. The Morgan fingerprint density at radius 3 is 2.76 bits per heavy atom. The first-order valence-electron chi connectivity index (χ1n) is 6.10. The summed E-state index contributed by atoms with van der Waals surface area (Å²) >= 11 is 11.7. The van der Waals surface area contributed by atoms with Crippen molar-refractivity contribution >= 4 is 35.1 Å². The SMILES string of the molecule is O=C(COc1cc(Cl)ccc1Cl)N1CCC(F)(C(=O)O)C1. The molecule has 1 unspecified atom stereocenters. The van der Waals surface area contributed by atoms with Crippen LogP contribution in [0.2, 0.25) is 10.0 Å². The van der Waals surface area contributed by atoms with Gasteiger partial charge in [0.15, 0.2) is 6.61 Å². The largest absolute Gasteiger partial charge is 0.482 e. The van der Waals surface area contributed by atoms with E-state index in [1.165, 1.54) is 12.1 Å². The van der Waals surface area contributed by atoms with Crippen molar-refractivity contribution in [3.8, 4) is 5.75 Å². The number of aliphatic carboxylic acids is 1. The highest BCUT2D eigenvalue weighted by atomic mass is 35.5. The van der Waals surface area contributed by atoms with Crippen LogP contribution in [0.4, 0.5) is 4.39 Å². The zero-order valence-corrected chi connectivity index (χ0v) is 12.3. The van der Waals surface area contributed by atoms with Crippen molar-refractivity contribution in [1.82, 2.24) is 4.90 Å². The Morgan fingerprint density at radius 1 is 1.43 bits per heavy atom. The van der Waals surface area contributed by atoms with E-state index < -0.39 is 24.1 Å². The predicted molar refractivity (Wildman–Crippen MR) is 74.6 cm³/mol. The van der Waals surface area contributed by atoms with E-state index in [1.807, 2.05) is 0 Å². The standard InChI is InChI=1S/C13H12Cl2FNO4/c14-8-1-2-9(15)10(5-8)21-6-11(18)17-4-3-13(16,7-17)12(19)20/h1-2,5H,3-4,6-7H2,(H,19,20). The summed E-state index contributed by atoms with van der Waals surface area (Å²) in [7, 11) is 0. The summed E-state index contributed by atoms with van der Waals surface area (Å²) in [6.07, 6.45) is -0.230. The molecule has 1 aliphatic heterocycles. The van der Waals surface area contributed by atoms with Crippen molar-refractivity contribution in [3.63, 3.8) is 0 Å². The number of carbonyl (C=O) groups is 2. The van der Waals surface area contributed by atoms with E-state index >= 15 is 0 Å². The lowest BCUT2D eigenvalue weighted by atomic mass is 10.1. The number of benzene rings is 1. The third kappa shape index (κ3) is 3.57. The molecule has 1 aromatic rings. The van der Waals surface area contributed by atoms with Crippen LogP contribution in [0, 0.1) is 0 Å². The van der Waals surface area contributed by atoms with Gasteiger partial charge in [0.2, 0.25) is 5.67 Å². The fraction of sp³-hybridized carbons (Fsp3) is 0.385. The molecule has 0 saturated carbocycles. The highest BCUT2D eigenvalue weighted by Crippen LogP contribution is 2.29. The monoisotopic (exact) mass is 335 g/mol. The van der Waals surface area contributed by atoms with Crippen LogP contribution in [0.25, 0.3) is 0 Å². The molecule has 0 bridgehead atoms. The number of carboxylic acids is 1. The normalized spacial score (nSPS) is 21.4. The number of hydrogen-bond acceptors (Lipinski definition) is 3. The van der Waals surface area contributed by atoms with Crippen LogP contribution in [-0.4, -0.2) is 47.2 Å². The van der Waals surface area contributed by atoms with Gasteiger partial charge in [0.05, 0.1) is 11.6 Å². The molecule has 0 aliphatic carbocycles. The average molecular weight is 336 g/mol. The first-order valence-corrected chi connectivity index (χ1v) is 6.85. The Hall–Kier alpha value is -1.53. The smallest absolute Gasteiger partial charge is 0.343 e. The quantitative estimate of drug-likeness (QED) is 0.917. The third-order valence-corrected chi connectivity index (χ3v) is 3.75. The van der Waals surface area contributed by atoms with Crippen molar-refractivity contribution < 1.29 is 23.8 Å². The van der Waals surface area contributed by atoms with Gasteiger partial charge in [-0.1, -0.05) is 23.2 Å². The number of carboxylic acid groups (broad SMARTS) is 1. The molecular formula is C13H12Cl2FNO4. The molecule has 0 aromatic heterocycles. The lowest BCUT2D eigenvalue weighted by molar-refractivity contribution is -0.150. The summed E-state index contributed by atoms with van der Waals surface area (Å²) in [4.78, 5) is 23.8. The number of ether oxygens (including phenoxy) is 1. The highest BCUT2D eigenvalue weighted by Gasteiger charge is 2.46. The van der Waals surface area contributed by atoms with E-state index in [0.717, 1.165) is 4.90 Å². The molecule has 1 N–H and O–H groups in total. The zero-order chi connectivity index (χ0) is 15.6. The first kappa shape index (κ1) is 15.9. The predicted octanol–water partition coefficient (Wildman–Crippen LogP) is 2.40. The van der Waals surface area contributed by atoms with E-state index in [9.17, 15) is 14.0 Å². The number of alkyl halides is 1. The molecule has 0 spiro atoms. The van der Waals surface area contributed by atoms with Gasteiger partial charge in [-0.25, -0.2) is 9.18 Å². The van der Waals surface area contributed by atoms with Crippen LogP contribution < -0.4 is 4.74 Å². The molecule has 1 aliphatic rings. The van der Waals surface area contributed by atoms with Crippen LogP contribution in [0.1, 0.15) is 6.42 Å². The number of halogens is 3. The van der Waals surface area contributed by atoms with Crippen LogP contribution >= 0.6 is 23.2 Å². The van der Waals surface area contributed by atoms with E-state index in [4.69, 9.17) is 33.0 Å². The fourth-order valence-electron chi connectivity index (χ4n) is 1.98. The Kier molecular flexibility index (Phi) is 4.58. The molecular weight excluding hydrogens is 324 g/mol. The van der Waals surface area contributed by atoms with E-state index in [2.05, 4.69) is 0 Å². The Balaban J connectivity index is 1.94. The van der Waals surface area contributed by atoms with Crippen LogP contribution in [0.3, 0.4) is 0 Å². The molecule has 1 aromatic carbocycles. The summed E-state index contributed by atoms with van der Waals surface area (Å²) in [5.41, 5.74) is -2.39. The number of hydrogen-bond donors (Lipinski definition) is 1. The van der Waals surface area contributed by atoms with Crippen molar-refractivity contribution in [3.05, 3.63) is 28.2 Å².